The molecule has 0 aromatic carbocycles. The molecule has 6 atom stereocenters. The van der Waals surface area contributed by atoms with E-state index in [0.29, 0.717) is 0 Å². The third-order valence-corrected chi connectivity index (χ3v) is 5.35. The Bertz CT molecular complexity index is 979. The highest BCUT2D eigenvalue weighted by atomic mass is 16.8. The maximum Gasteiger partial charge on any atom is 0.379 e. The zero-order valence-electron chi connectivity index (χ0n) is 23.8. The van der Waals surface area contributed by atoms with Gasteiger partial charge in [0.15, 0.2) is 12.2 Å². The van der Waals surface area contributed by atoms with Gasteiger partial charge in [0.1, 0.15) is 18.8 Å². The summed E-state index contributed by atoms with van der Waals surface area (Å²) in [6, 6.07) is -1.36. The van der Waals surface area contributed by atoms with Gasteiger partial charge in [-0.1, -0.05) is 13.8 Å². The monoisotopic (exact) mass is 575 g/mol. The number of hydrogen-bond acceptors (Lipinski definition) is 14. The van der Waals surface area contributed by atoms with Crippen molar-refractivity contribution in [1.29, 1.82) is 0 Å². The van der Waals surface area contributed by atoms with Crippen LogP contribution < -0.4 is 5.32 Å². The largest absolute Gasteiger partial charge is 0.464 e. The lowest BCUT2D eigenvalue weighted by molar-refractivity contribution is -0.304. The molecule has 0 aliphatic carbocycles. The minimum absolute atomic E-state index is 0.0150. The van der Waals surface area contributed by atoms with Crippen LogP contribution in [-0.2, 0) is 66.7 Å². The average molecular weight is 576 g/mol. The molecule has 0 saturated carbocycles. The van der Waals surface area contributed by atoms with E-state index in [1.54, 1.807) is 13.8 Å². The van der Waals surface area contributed by atoms with Gasteiger partial charge in [-0.05, 0) is 5.92 Å². The Labute approximate surface area is 231 Å². The number of hydrogen-bond donors (Lipinski definition) is 1. The van der Waals surface area contributed by atoms with Crippen molar-refractivity contribution in [3.8, 4) is 0 Å². The summed E-state index contributed by atoms with van der Waals surface area (Å²) in [6.45, 7) is 8.09. The van der Waals surface area contributed by atoms with Crippen molar-refractivity contribution in [2.24, 2.45) is 5.92 Å². The molecule has 15 nitrogen and oxygen atoms in total. The summed E-state index contributed by atoms with van der Waals surface area (Å²) < 4.78 is 37.1. The van der Waals surface area contributed by atoms with E-state index in [0.717, 1.165) is 41.7 Å². The van der Waals surface area contributed by atoms with Gasteiger partial charge in [0, 0.05) is 41.0 Å². The van der Waals surface area contributed by atoms with Crippen molar-refractivity contribution in [2.45, 2.75) is 97.6 Å². The second kappa shape index (κ2) is 15.1. The minimum Gasteiger partial charge on any atom is -0.464 e. The smallest absolute Gasteiger partial charge is 0.379 e. The molecule has 1 rings (SSSR count). The van der Waals surface area contributed by atoms with Crippen molar-refractivity contribution in [2.75, 3.05) is 13.7 Å². The molecule has 15 heteroatoms. The SMILES string of the molecule is COC(=O)[C@@]1(OC(C)=O)C[C@H](OC(C)=O)[C@@H](NC(=O)CC(C)C)[C@H]([C@@H](OC(C)=O)[C@@H](COC(C)=O)OC(C)=O)O1. The van der Waals surface area contributed by atoms with E-state index in [9.17, 15) is 33.6 Å². The van der Waals surface area contributed by atoms with E-state index in [1.165, 1.54) is 0 Å². The Morgan fingerprint density at radius 1 is 0.875 bits per heavy atom. The number of ether oxygens (including phenoxy) is 7. The van der Waals surface area contributed by atoms with Crippen molar-refractivity contribution < 1.29 is 66.7 Å². The van der Waals surface area contributed by atoms with Crippen LogP contribution in [0.3, 0.4) is 0 Å². The van der Waals surface area contributed by atoms with Crippen molar-refractivity contribution in [3.63, 3.8) is 0 Å². The molecule has 1 saturated heterocycles. The van der Waals surface area contributed by atoms with Gasteiger partial charge >= 0.3 is 41.6 Å². The zero-order chi connectivity index (χ0) is 30.8. The normalized spacial score (nSPS) is 23.6. The fourth-order valence-electron chi connectivity index (χ4n) is 4.12. The van der Waals surface area contributed by atoms with Crippen LogP contribution in [0.15, 0.2) is 0 Å². The first-order valence-corrected chi connectivity index (χ1v) is 12.4. The standard InChI is InChI=1S/C25H37NO14/c1-12(2)9-20(32)26-21-18(36-14(4)28)10-25(24(33)34-8,39-17(7)31)40-23(21)22(38-16(6)30)19(37-15(5)29)11-35-13(3)27/h12,18-19,21-23H,9-11H2,1-8H3,(H,26,32)/t18-,19+,21+,22-,23+,25+/m0/s1. The predicted molar refractivity (Wildman–Crippen MR) is 131 cm³/mol. The Hall–Kier alpha value is -3.75. The number of amides is 1. The van der Waals surface area contributed by atoms with E-state index in [1.807, 2.05) is 0 Å². The number of esters is 6. The number of nitrogens with one attached hydrogen (secondary N) is 1. The molecule has 1 N–H and O–H groups in total. The van der Waals surface area contributed by atoms with Crippen molar-refractivity contribution >= 4 is 41.7 Å². The molecule has 0 aromatic rings. The van der Waals surface area contributed by atoms with E-state index in [2.05, 4.69) is 5.32 Å². The first kappa shape index (κ1) is 34.3. The topological polar surface area (TPSA) is 196 Å². The summed E-state index contributed by atoms with van der Waals surface area (Å²) in [5, 5.41) is 2.66. The van der Waals surface area contributed by atoms with Crippen LogP contribution in [0.2, 0.25) is 0 Å². The van der Waals surface area contributed by atoms with E-state index < -0.39 is 91.0 Å². The van der Waals surface area contributed by atoms with Crippen LogP contribution in [0.4, 0.5) is 0 Å². The summed E-state index contributed by atoms with van der Waals surface area (Å²) in [7, 11) is 0.981. The van der Waals surface area contributed by atoms with Gasteiger partial charge in [-0.3, -0.25) is 28.8 Å². The molecule has 0 unspecified atom stereocenters. The molecule has 0 radical (unpaired) electrons. The quantitative estimate of drug-likeness (QED) is 0.243. The maximum atomic E-state index is 13.0. The fourth-order valence-corrected chi connectivity index (χ4v) is 4.12. The number of carbonyl (C=O) groups excluding carboxylic acids is 7. The lowest BCUT2D eigenvalue weighted by atomic mass is 9.87. The third kappa shape index (κ3) is 10.4. The summed E-state index contributed by atoms with van der Waals surface area (Å²) in [4.78, 5) is 85.7. The Morgan fingerprint density at radius 3 is 1.93 bits per heavy atom. The van der Waals surface area contributed by atoms with E-state index in [4.69, 9.17) is 33.2 Å². The minimum atomic E-state index is -2.55. The molecule has 0 aromatic heterocycles. The Kier molecular flexibility index (Phi) is 13.0. The number of methoxy groups -OCH3 is 1. The average Bonchev–Trinajstić information content (AvgIpc) is 2.79. The van der Waals surface area contributed by atoms with Crippen LogP contribution in [-0.4, -0.2) is 91.7 Å². The molecule has 1 aliphatic rings. The van der Waals surface area contributed by atoms with Crippen LogP contribution in [0.5, 0.6) is 0 Å². The molecular formula is C25H37NO14. The first-order valence-electron chi connectivity index (χ1n) is 12.4. The number of rotatable bonds is 12. The maximum absolute atomic E-state index is 13.0. The molecule has 1 aliphatic heterocycles. The summed E-state index contributed by atoms with van der Waals surface area (Å²) in [5.41, 5.74) is 0. The molecule has 1 fully saturated rings. The highest BCUT2D eigenvalue weighted by molar-refractivity contribution is 5.82. The molecule has 0 bridgehead atoms. The molecular weight excluding hydrogens is 538 g/mol. The highest BCUT2D eigenvalue weighted by Crippen LogP contribution is 2.37. The van der Waals surface area contributed by atoms with Gasteiger partial charge in [-0.25, -0.2) is 4.79 Å². The lowest BCUT2D eigenvalue weighted by Crippen LogP contribution is -2.69. The molecule has 1 amide bonds. The summed E-state index contributed by atoms with van der Waals surface area (Å²) in [6.07, 6.45) is -6.99. The molecule has 226 valence electrons. The summed E-state index contributed by atoms with van der Waals surface area (Å²) in [5.74, 6) is -8.81. The molecule has 1 heterocycles. The van der Waals surface area contributed by atoms with Gasteiger partial charge in [0.25, 0.3) is 0 Å². The van der Waals surface area contributed by atoms with Gasteiger partial charge in [-0.2, -0.15) is 0 Å². The fraction of sp³-hybridized carbons (Fsp3) is 0.720. The van der Waals surface area contributed by atoms with Crippen molar-refractivity contribution in [1.82, 2.24) is 5.32 Å². The van der Waals surface area contributed by atoms with Crippen LogP contribution in [0.25, 0.3) is 0 Å². The van der Waals surface area contributed by atoms with Crippen LogP contribution >= 0.6 is 0 Å². The second-order valence-electron chi connectivity index (χ2n) is 9.49. The number of carbonyl (C=O) groups is 7. The summed E-state index contributed by atoms with van der Waals surface area (Å²) >= 11 is 0. The van der Waals surface area contributed by atoms with E-state index >= 15 is 0 Å². The Morgan fingerprint density at radius 2 is 1.48 bits per heavy atom. The van der Waals surface area contributed by atoms with Gasteiger partial charge < -0.3 is 38.5 Å². The van der Waals surface area contributed by atoms with Gasteiger partial charge in [0.05, 0.1) is 19.6 Å². The Balaban J connectivity index is 3.89. The van der Waals surface area contributed by atoms with Crippen molar-refractivity contribution in [3.05, 3.63) is 0 Å². The molecule has 40 heavy (non-hydrogen) atoms. The van der Waals surface area contributed by atoms with Crippen LogP contribution in [0.1, 0.15) is 61.3 Å². The lowest BCUT2D eigenvalue weighted by Gasteiger charge is -2.48. The first-order chi connectivity index (χ1) is 18.5. The molecule has 0 spiro atoms. The zero-order valence-corrected chi connectivity index (χ0v) is 23.8. The van der Waals surface area contributed by atoms with E-state index in [-0.39, 0.29) is 12.3 Å². The predicted octanol–water partition coefficient (Wildman–Crippen LogP) is 0.0968. The van der Waals surface area contributed by atoms with Gasteiger partial charge in [-0.15, -0.1) is 0 Å². The highest BCUT2D eigenvalue weighted by Gasteiger charge is 2.60. The van der Waals surface area contributed by atoms with Gasteiger partial charge in [0.2, 0.25) is 5.91 Å². The second-order valence-corrected chi connectivity index (χ2v) is 9.49. The third-order valence-electron chi connectivity index (χ3n) is 5.35. The van der Waals surface area contributed by atoms with Crippen LogP contribution in [0, 0.1) is 5.92 Å².